The molecule has 0 unspecified atom stereocenters. The Morgan fingerprint density at radius 2 is 1.17 bits per heavy atom. The highest BCUT2D eigenvalue weighted by molar-refractivity contribution is 5.75. The lowest BCUT2D eigenvalue weighted by atomic mass is 10.2. The van der Waals surface area contributed by atoms with Crippen LogP contribution in [-0.2, 0) is 4.79 Å². The Bertz CT molecular complexity index is 264. The van der Waals surface area contributed by atoms with Crippen molar-refractivity contribution in [1.29, 1.82) is 0 Å². The molecule has 0 atom stereocenters. The van der Waals surface area contributed by atoms with Crippen LogP contribution in [0.3, 0.4) is 0 Å². The molecule has 0 aromatic carbocycles. The molecule has 0 bridgehead atoms. The molecule has 0 aromatic heterocycles. The van der Waals surface area contributed by atoms with Crippen LogP contribution in [0.4, 0.5) is 0 Å². The molecule has 144 valence electrons. The van der Waals surface area contributed by atoms with Crippen molar-refractivity contribution in [1.82, 2.24) is 21.3 Å². The highest BCUT2D eigenvalue weighted by Crippen LogP contribution is 1.90. The lowest BCUT2D eigenvalue weighted by Crippen LogP contribution is -2.26. The van der Waals surface area contributed by atoms with Gasteiger partial charge in [-0.25, -0.2) is 0 Å². The Morgan fingerprint density at radius 3 is 1.62 bits per heavy atom. The van der Waals surface area contributed by atoms with Crippen LogP contribution >= 0.6 is 0 Å². The topological polar surface area (TPSA) is 91.2 Å². The number of nitrogens with two attached hydrogens (primary N) is 1. The molecule has 0 aliphatic rings. The highest BCUT2D eigenvalue weighted by atomic mass is 16.1. The summed E-state index contributed by atoms with van der Waals surface area (Å²) in [7, 11) is 0. The molecule has 0 radical (unpaired) electrons. The SMILES string of the molecule is CCNCCCCNCCCCNCCCCNC(=O)CCCN. The lowest BCUT2D eigenvalue weighted by molar-refractivity contribution is -0.121. The second kappa shape index (κ2) is 20.4. The lowest BCUT2D eigenvalue weighted by Gasteiger charge is -2.07. The zero-order valence-electron chi connectivity index (χ0n) is 15.8. The normalized spacial score (nSPS) is 10.9. The first-order chi connectivity index (χ1) is 11.8. The average molecular weight is 344 g/mol. The van der Waals surface area contributed by atoms with Crippen LogP contribution in [0, 0.1) is 0 Å². The summed E-state index contributed by atoms with van der Waals surface area (Å²) in [6.45, 7) is 10.1. The van der Waals surface area contributed by atoms with Gasteiger partial charge in [0.25, 0.3) is 0 Å². The van der Waals surface area contributed by atoms with Gasteiger partial charge in [0.1, 0.15) is 0 Å². The number of unbranched alkanes of at least 4 members (excludes halogenated alkanes) is 3. The van der Waals surface area contributed by atoms with Gasteiger partial charge < -0.3 is 27.0 Å². The van der Waals surface area contributed by atoms with Crippen LogP contribution < -0.4 is 27.0 Å². The summed E-state index contributed by atoms with van der Waals surface area (Å²) in [6.07, 6.45) is 8.45. The fourth-order valence-corrected chi connectivity index (χ4v) is 2.38. The summed E-state index contributed by atoms with van der Waals surface area (Å²) in [5.41, 5.74) is 5.37. The van der Waals surface area contributed by atoms with Crippen molar-refractivity contribution in [3.63, 3.8) is 0 Å². The third kappa shape index (κ3) is 19.4. The molecule has 0 spiro atoms. The molecule has 0 aliphatic heterocycles. The van der Waals surface area contributed by atoms with E-state index in [1.807, 2.05) is 0 Å². The first kappa shape index (κ1) is 23.3. The Morgan fingerprint density at radius 1 is 0.708 bits per heavy atom. The van der Waals surface area contributed by atoms with E-state index in [-0.39, 0.29) is 5.91 Å². The molecule has 0 aliphatic carbocycles. The molecule has 6 N–H and O–H groups in total. The van der Waals surface area contributed by atoms with Crippen molar-refractivity contribution in [3.8, 4) is 0 Å². The van der Waals surface area contributed by atoms with E-state index in [1.165, 1.54) is 25.7 Å². The van der Waals surface area contributed by atoms with Crippen LogP contribution in [0.5, 0.6) is 0 Å². The predicted octanol–water partition coefficient (Wildman–Crippen LogP) is 0.971. The van der Waals surface area contributed by atoms with Gasteiger partial charge in [-0.1, -0.05) is 6.92 Å². The number of carbonyl (C=O) groups is 1. The predicted molar refractivity (Wildman–Crippen MR) is 103 cm³/mol. The fourth-order valence-electron chi connectivity index (χ4n) is 2.38. The third-order valence-electron chi connectivity index (χ3n) is 3.87. The Kier molecular flexibility index (Phi) is 19.8. The van der Waals surface area contributed by atoms with Crippen molar-refractivity contribution in [3.05, 3.63) is 0 Å². The van der Waals surface area contributed by atoms with E-state index in [1.54, 1.807) is 0 Å². The van der Waals surface area contributed by atoms with Gasteiger partial charge >= 0.3 is 0 Å². The Hall–Kier alpha value is -0.690. The molecule has 24 heavy (non-hydrogen) atoms. The summed E-state index contributed by atoms with van der Waals surface area (Å²) in [6, 6.07) is 0. The summed E-state index contributed by atoms with van der Waals surface area (Å²) in [5, 5.41) is 13.2. The van der Waals surface area contributed by atoms with Crippen LogP contribution in [-0.4, -0.2) is 58.3 Å². The monoisotopic (exact) mass is 343 g/mol. The number of rotatable bonds is 19. The molecule has 6 heteroatoms. The van der Waals surface area contributed by atoms with Gasteiger partial charge in [-0.15, -0.1) is 0 Å². The summed E-state index contributed by atoms with van der Waals surface area (Å²) in [5.74, 6) is 0.127. The highest BCUT2D eigenvalue weighted by Gasteiger charge is 1.98. The number of carbonyl (C=O) groups excluding carboxylic acids is 1. The maximum atomic E-state index is 11.4. The first-order valence-electron chi connectivity index (χ1n) is 9.90. The van der Waals surface area contributed by atoms with Crippen molar-refractivity contribution < 1.29 is 4.79 Å². The van der Waals surface area contributed by atoms with Crippen molar-refractivity contribution in [2.45, 2.75) is 58.3 Å². The molecular formula is C18H41N5O. The van der Waals surface area contributed by atoms with Crippen LogP contribution in [0.2, 0.25) is 0 Å². The standard InChI is InChI=1S/C18H41N5O/c1-2-20-12-3-4-13-21-14-5-6-15-22-16-7-8-17-23-18(24)10-9-11-19/h20-22H,2-17,19H2,1H3,(H,23,24). The number of amides is 1. The molecule has 0 rings (SSSR count). The molecule has 6 nitrogen and oxygen atoms in total. The van der Waals surface area contributed by atoms with E-state index >= 15 is 0 Å². The summed E-state index contributed by atoms with van der Waals surface area (Å²) < 4.78 is 0. The second-order valence-electron chi connectivity index (χ2n) is 6.22. The number of hydrogen-bond acceptors (Lipinski definition) is 5. The second-order valence-corrected chi connectivity index (χ2v) is 6.22. The van der Waals surface area contributed by atoms with Crippen LogP contribution in [0.1, 0.15) is 58.3 Å². The average Bonchev–Trinajstić information content (AvgIpc) is 2.59. The molecule has 0 saturated carbocycles. The zero-order valence-corrected chi connectivity index (χ0v) is 15.8. The molecule has 1 amide bonds. The minimum absolute atomic E-state index is 0.127. The molecule has 0 saturated heterocycles. The minimum Gasteiger partial charge on any atom is -0.356 e. The summed E-state index contributed by atoms with van der Waals surface area (Å²) in [4.78, 5) is 11.4. The van der Waals surface area contributed by atoms with E-state index in [4.69, 9.17) is 5.73 Å². The van der Waals surface area contributed by atoms with E-state index < -0.39 is 0 Å². The number of hydrogen-bond donors (Lipinski definition) is 5. The van der Waals surface area contributed by atoms with Gasteiger partial charge in [-0.2, -0.15) is 0 Å². The van der Waals surface area contributed by atoms with E-state index in [2.05, 4.69) is 28.2 Å². The molecular weight excluding hydrogens is 302 g/mol. The maximum Gasteiger partial charge on any atom is 0.220 e. The molecule has 0 heterocycles. The van der Waals surface area contributed by atoms with Gasteiger partial charge in [0.05, 0.1) is 0 Å². The van der Waals surface area contributed by atoms with Gasteiger partial charge in [0, 0.05) is 13.0 Å². The molecule has 0 aromatic rings. The minimum atomic E-state index is 0.127. The Labute approximate surface area is 149 Å². The molecule has 0 fully saturated rings. The van der Waals surface area contributed by atoms with E-state index in [0.29, 0.717) is 13.0 Å². The Balaban J connectivity index is 3.04. The maximum absolute atomic E-state index is 11.4. The largest absolute Gasteiger partial charge is 0.356 e. The van der Waals surface area contributed by atoms with Crippen molar-refractivity contribution in [2.75, 3.05) is 52.4 Å². The van der Waals surface area contributed by atoms with E-state index in [0.717, 1.165) is 65.1 Å². The van der Waals surface area contributed by atoms with Crippen molar-refractivity contribution >= 4 is 5.91 Å². The quantitative estimate of drug-likeness (QED) is 0.225. The van der Waals surface area contributed by atoms with Crippen molar-refractivity contribution in [2.24, 2.45) is 5.73 Å². The first-order valence-corrected chi connectivity index (χ1v) is 9.90. The van der Waals surface area contributed by atoms with Gasteiger partial charge in [-0.3, -0.25) is 4.79 Å². The smallest absolute Gasteiger partial charge is 0.220 e. The van der Waals surface area contributed by atoms with Gasteiger partial charge in [-0.05, 0) is 90.8 Å². The van der Waals surface area contributed by atoms with Gasteiger partial charge in [0.15, 0.2) is 0 Å². The fraction of sp³-hybridized carbons (Fsp3) is 0.944. The van der Waals surface area contributed by atoms with Crippen LogP contribution in [0.15, 0.2) is 0 Å². The summed E-state index contributed by atoms with van der Waals surface area (Å²) >= 11 is 0. The van der Waals surface area contributed by atoms with Crippen LogP contribution in [0.25, 0.3) is 0 Å². The number of nitrogens with one attached hydrogen (secondary N) is 4. The zero-order chi connectivity index (χ0) is 17.7. The third-order valence-corrected chi connectivity index (χ3v) is 3.87. The van der Waals surface area contributed by atoms with Gasteiger partial charge in [0.2, 0.25) is 5.91 Å². The van der Waals surface area contributed by atoms with E-state index in [9.17, 15) is 4.79 Å².